The molecule has 0 radical (unpaired) electrons. The zero-order chi connectivity index (χ0) is 16.4. The fourth-order valence-corrected chi connectivity index (χ4v) is 3.38. The summed E-state index contributed by atoms with van der Waals surface area (Å²) in [7, 11) is -3.32. The largest absolute Gasteiger partial charge is 0.347 e. The summed E-state index contributed by atoms with van der Waals surface area (Å²) in [6.45, 7) is 0.688. The summed E-state index contributed by atoms with van der Waals surface area (Å²) in [6.07, 6.45) is 6.34. The number of aromatic amines is 1. The molecule has 23 heavy (non-hydrogen) atoms. The molecule has 1 aromatic heterocycles. The number of aromatic nitrogens is 2. The summed E-state index contributed by atoms with van der Waals surface area (Å²) in [4.78, 5) is 21.8. The number of benzene rings is 1. The molecule has 2 heterocycles. The Balaban J connectivity index is 1.77. The van der Waals surface area contributed by atoms with Crippen molar-refractivity contribution < 1.29 is 13.2 Å². The Bertz CT molecular complexity index is 785. The maximum Gasteiger partial charge on any atom is 0.254 e. The quantitative estimate of drug-likeness (QED) is 0.890. The van der Waals surface area contributed by atoms with Gasteiger partial charge in [-0.3, -0.25) is 9.52 Å². The predicted molar refractivity (Wildman–Crippen MR) is 86.5 cm³/mol. The molecule has 0 saturated carbocycles. The summed E-state index contributed by atoms with van der Waals surface area (Å²) in [5, 5.41) is 0. The molecule has 1 unspecified atom stereocenters. The van der Waals surface area contributed by atoms with E-state index in [1.54, 1.807) is 41.6 Å². The standard InChI is InChI=1S/C15H18N4O3S/c1-23(21,22)18-12-6-4-11(5-7-12)15(20)19-10-2-3-13(19)14-16-8-9-17-14/h4-9,13,18H,2-3,10H2,1H3,(H,16,17). The van der Waals surface area contributed by atoms with E-state index in [-0.39, 0.29) is 11.9 Å². The highest BCUT2D eigenvalue weighted by Crippen LogP contribution is 2.31. The number of H-pyrrole nitrogens is 1. The molecule has 3 rings (SSSR count). The van der Waals surface area contributed by atoms with Crippen molar-refractivity contribution in [2.45, 2.75) is 18.9 Å². The lowest BCUT2D eigenvalue weighted by Gasteiger charge is -2.23. The lowest BCUT2D eigenvalue weighted by atomic mass is 10.1. The number of nitrogens with zero attached hydrogens (tertiary/aromatic N) is 2. The first kappa shape index (κ1) is 15.5. The zero-order valence-electron chi connectivity index (χ0n) is 12.7. The molecule has 1 atom stereocenters. The maximum atomic E-state index is 12.7. The van der Waals surface area contributed by atoms with Gasteiger partial charge in [0.1, 0.15) is 5.82 Å². The fraction of sp³-hybridized carbons (Fsp3) is 0.333. The molecule has 122 valence electrons. The van der Waals surface area contributed by atoms with Crippen LogP contribution in [0.5, 0.6) is 0 Å². The van der Waals surface area contributed by atoms with E-state index in [0.29, 0.717) is 17.8 Å². The first-order valence-electron chi connectivity index (χ1n) is 7.32. The number of hydrogen-bond acceptors (Lipinski definition) is 4. The number of sulfonamides is 1. The van der Waals surface area contributed by atoms with Crippen LogP contribution in [0.15, 0.2) is 36.7 Å². The van der Waals surface area contributed by atoms with Gasteiger partial charge in [-0.2, -0.15) is 0 Å². The van der Waals surface area contributed by atoms with E-state index in [9.17, 15) is 13.2 Å². The molecule has 0 aliphatic carbocycles. The molecule has 7 nitrogen and oxygen atoms in total. The molecule has 8 heteroatoms. The van der Waals surface area contributed by atoms with Gasteiger partial charge in [-0.25, -0.2) is 13.4 Å². The molecule has 0 spiro atoms. The Kier molecular flexibility index (Phi) is 4.08. The number of hydrogen-bond donors (Lipinski definition) is 2. The van der Waals surface area contributed by atoms with E-state index in [1.807, 2.05) is 0 Å². The molecule has 0 bridgehead atoms. The minimum Gasteiger partial charge on any atom is -0.347 e. The highest BCUT2D eigenvalue weighted by Gasteiger charge is 2.32. The van der Waals surface area contributed by atoms with E-state index < -0.39 is 10.0 Å². The maximum absolute atomic E-state index is 12.7. The SMILES string of the molecule is CS(=O)(=O)Nc1ccc(C(=O)N2CCCC2c2ncc[nH]2)cc1. The molecule has 1 fully saturated rings. The molecule has 1 aliphatic heterocycles. The van der Waals surface area contributed by atoms with E-state index in [2.05, 4.69) is 14.7 Å². The number of nitrogens with one attached hydrogen (secondary N) is 2. The third kappa shape index (κ3) is 3.53. The van der Waals surface area contributed by atoms with Crippen LogP contribution < -0.4 is 4.72 Å². The van der Waals surface area contributed by atoms with Gasteiger partial charge in [-0.05, 0) is 37.1 Å². The Morgan fingerprint density at radius 3 is 2.70 bits per heavy atom. The summed E-state index contributed by atoms with van der Waals surface area (Å²) in [5.41, 5.74) is 0.968. The second-order valence-corrected chi connectivity index (χ2v) is 7.33. The Hall–Kier alpha value is -2.35. The van der Waals surface area contributed by atoms with Crippen molar-refractivity contribution in [2.75, 3.05) is 17.5 Å². The van der Waals surface area contributed by atoms with Gasteiger partial charge in [-0.1, -0.05) is 0 Å². The molecular weight excluding hydrogens is 316 g/mol. The average molecular weight is 334 g/mol. The number of likely N-dealkylation sites (tertiary alicyclic amines) is 1. The van der Waals surface area contributed by atoms with Crippen molar-refractivity contribution >= 4 is 21.6 Å². The van der Waals surface area contributed by atoms with Gasteiger partial charge >= 0.3 is 0 Å². The van der Waals surface area contributed by atoms with Crippen LogP contribution in [0.1, 0.15) is 35.1 Å². The van der Waals surface area contributed by atoms with E-state index in [0.717, 1.165) is 24.9 Å². The van der Waals surface area contributed by atoms with Crippen molar-refractivity contribution in [2.24, 2.45) is 0 Å². The monoisotopic (exact) mass is 334 g/mol. The van der Waals surface area contributed by atoms with Crippen LogP contribution in [-0.4, -0.2) is 42.0 Å². The molecule has 2 aromatic rings. The normalized spacial score (nSPS) is 18.1. The van der Waals surface area contributed by atoms with Crippen molar-refractivity contribution in [3.05, 3.63) is 48.0 Å². The first-order valence-corrected chi connectivity index (χ1v) is 9.21. The lowest BCUT2D eigenvalue weighted by molar-refractivity contribution is 0.0730. The minimum absolute atomic E-state index is 0.0358. The lowest BCUT2D eigenvalue weighted by Crippen LogP contribution is -2.31. The number of rotatable bonds is 4. The Morgan fingerprint density at radius 2 is 2.09 bits per heavy atom. The third-order valence-corrected chi connectivity index (χ3v) is 4.39. The third-order valence-electron chi connectivity index (χ3n) is 3.78. The highest BCUT2D eigenvalue weighted by atomic mass is 32.2. The van der Waals surface area contributed by atoms with Crippen molar-refractivity contribution in [3.63, 3.8) is 0 Å². The fourth-order valence-electron chi connectivity index (χ4n) is 2.81. The van der Waals surface area contributed by atoms with Crippen LogP contribution in [0.4, 0.5) is 5.69 Å². The first-order chi connectivity index (χ1) is 10.9. The Labute approximate surface area is 134 Å². The molecule has 1 aliphatic rings. The van der Waals surface area contributed by atoms with Crippen LogP contribution in [-0.2, 0) is 10.0 Å². The highest BCUT2D eigenvalue weighted by molar-refractivity contribution is 7.92. The summed E-state index contributed by atoms with van der Waals surface area (Å²) in [5.74, 6) is 0.723. The van der Waals surface area contributed by atoms with Crippen LogP contribution in [0, 0.1) is 0 Å². The van der Waals surface area contributed by atoms with Crippen LogP contribution in [0.2, 0.25) is 0 Å². The van der Waals surface area contributed by atoms with Crippen LogP contribution >= 0.6 is 0 Å². The minimum atomic E-state index is -3.32. The molecular formula is C15H18N4O3S. The van der Waals surface area contributed by atoms with E-state index in [4.69, 9.17) is 0 Å². The van der Waals surface area contributed by atoms with E-state index in [1.165, 1.54) is 0 Å². The number of imidazole rings is 1. The van der Waals surface area contributed by atoms with Gasteiger partial charge in [0.25, 0.3) is 5.91 Å². The molecule has 1 saturated heterocycles. The van der Waals surface area contributed by atoms with Crippen LogP contribution in [0.3, 0.4) is 0 Å². The summed E-state index contributed by atoms with van der Waals surface area (Å²) in [6, 6.07) is 6.41. The van der Waals surface area contributed by atoms with Gasteiger partial charge < -0.3 is 9.88 Å². The summed E-state index contributed by atoms with van der Waals surface area (Å²) >= 11 is 0. The molecule has 1 aromatic carbocycles. The Morgan fingerprint density at radius 1 is 1.35 bits per heavy atom. The second-order valence-electron chi connectivity index (χ2n) is 5.58. The van der Waals surface area contributed by atoms with Gasteiger partial charge in [0, 0.05) is 30.2 Å². The zero-order valence-corrected chi connectivity index (χ0v) is 13.5. The second kappa shape index (κ2) is 6.04. The smallest absolute Gasteiger partial charge is 0.254 e. The van der Waals surface area contributed by atoms with E-state index >= 15 is 0 Å². The van der Waals surface area contributed by atoms with Gasteiger partial charge in [0.05, 0.1) is 12.3 Å². The topological polar surface area (TPSA) is 95.2 Å². The van der Waals surface area contributed by atoms with Crippen molar-refractivity contribution in [1.29, 1.82) is 0 Å². The number of carbonyl (C=O) groups is 1. The number of amides is 1. The van der Waals surface area contributed by atoms with Gasteiger partial charge in [0.15, 0.2) is 0 Å². The van der Waals surface area contributed by atoms with Crippen LogP contribution in [0.25, 0.3) is 0 Å². The predicted octanol–water partition coefficient (Wildman–Crippen LogP) is 1.76. The molecule has 2 N–H and O–H groups in total. The number of carbonyl (C=O) groups excluding carboxylic acids is 1. The molecule has 1 amide bonds. The average Bonchev–Trinajstić information content (AvgIpc) is 3.16. The van der Waals surface area contributed by atoms with Crippen molar-refractivity contribution in [1.82, 2.24) is 14.9 Å². The van der Waals surface area contributed by atoms with Crippen molar-refractivity contribution in [3.8, 4) is 0 Å². The van der Waals surface area contributed by atoms with Gasteiger partial charge in [0.2, 0.25) is 10.0 Å². The van der Waals surface area contributed by atoms with Gasteiger partial charge in [-0.15, -0.1) is 0 Å². The summed E-state index contributed by atoms with van der Waals surface area (Å²) < 4.78 is 24.8. The number of anilines is 1.